The molecule has 1 aromatic carbocycles. The van der Waals surface area contributed by atoms with Gasteiger partial charge >= 0.3 is 6.09 Å². The van der Waals surface area contributed by atoms with Crippen LogP contribution in [0.25, 0.3) is 0 Å². The molecule has 3 heterocycles. The molecule has 1 amide bonds. The van der Waals surface area contributed by atoms with Gasteiger partial charge in [0.15, 0.2) is 5.82 Å². The summed E-state index contributed by atoms with van der Waals surface area (Å²) in [7, 11) is 0. The number of rotatable bonds is 5. The minimum absolute atomic E-state index is 0.00600. The normalized spacial score (nSPS) is 22.2. The smallest absolute Gasteiger partial charge is 0.410 e. The molecule has 2 aliphatic heterocycles. The van der Waals surface area contributed by atoms with Gasteiger partial charge in [-0.25, -0.2) is 14.2 Å². The number of ether oxygens (including phenoxy) is 2. The number of carbonyl (C=O) groups excluding carboxylic acids is 1. The lowest BCUT2D eigenvalue weighted by Crippen LogP contribution is -2.42. The number of aryl methyl sites for hydroxylation is 1. The molecule has 4 rings (SSSR count). The monoisotopic (exact) mass is 446 g/mol. The zero-order chi connectivity index (χ0) is 23.0. The summed E-state index contributed by atoms with van der Waals surface area (Å²) in [5.74, 6) is -1.70. The van der Waals surface area contributed by atoms with Gasteiger partial charge in [-0.1, -0.05) is 13.0 Å². The number of halogens is 2. The highest BCUT2D eigenvalue weighted by Crippen LogP contribution is 2.41. The third kappa shape index (κ3) is 4.47. The number of hydrogen-bond donors (Lipinski definition) is 1. The zero-order valence-corrected chi connectivity index (χ0v) is 18.7. The number of fused-ring (bicyclic) bond motifs is 2. The van der Waals surface area contributed by atoms with Crippen molar-refractivity contribution in [2.75, 3.05) is 5.32 Å². The van der Waals surface area contributed by atoms with Crippen molar-refractivity contribution < 1.29 is 23.0 Å². The Kier molecular flexibility index (Phi) is 5.92. The van der Waals surface area contributed by atoms with Gasteiger partial charge in [-0.15, -0.1) is 0 Å². The van der Waals surface area contributed by atoms with Gasteiger partial charge in [0.2, 0.25) is 5.82 Å². The molecule has 0 aliphatic carbocycles. The van der Waals surface area contributed by atoms with Crippen LogP contribution in [0, 0.1) is 11.6 Å². The van der Waals surface area contributed by atoms with E-state index in [1.165, 1.54) is 6.07 Å². The van der Waals surface area contributed by atoms with Crippen LogP contribution in [0.5, 0.6) is 5.88 Å². The lowest BCUT2D eigenvalue weighted by molar-refractivity contribution is 0.0179. The summed E-state index contributed by atoms with van der Waals surface area (Å²) >= 11 is 0. The molecule has 2 saturated heterocycles. The molecule has 0 saturated carbocycles. The molecule has 3 atom stereocenters. The summed E-state index contributed by atoms with van der Waals surface area (Å²) in [5.41, 5.74) is 0.354. The highest BCUT2D eigenvalue weighted by molar-refractivity contribution is 5.70. The lowest BCUT2D eigenvalue weighted by Gasteiger charge is -2.28. The van der Waals surface area contributed by atoms with Crippen LogP contribution in [0.4, 0.5) is 25.1 Å². The Hall–Kier alpha value is -2.97. The van der Waals surface area contributed by atoms with Gasteiger partial charge in [0.1, 0.15) is 23.8 Å². The minimum atomic E-state index is -0.807. The standard InChI is InChI=1S/C23H28F2N4O3/c1-5-13-6-8-16(15(24)10-13)28-20-19(25)21(27-12-26-20)31-18-11-14-7-9-17(18)29(14)22(30)32-23(2,3)4/h6,8,10,12,14,17-18H,5,7,9,11H2,1-4H3,(H,26,27,28)/t14?,17?,18-/m0/s1. The Morgan fingerprint density at radius 3 is 2.72 bits per heavy atom. The second kappa shape index (κ2) is 8.52. The van der Waals surface area contributed by atoms with Gasteiger partial charge in [0.25, 0.3) is 5.88 Å². The predicted molar refractivity (Wildman–Crippen MR) is 115 cm³/mol. The van der Waals surface area contributed by atoms with Crippen LogP contribution in [0.3, 0.4) is 0 Å². The van der Waals surface area contributed by atoms with Crippen LogP contribution in [-0.2, 0) is 11.2 Å². The molecule has 0 radical (unpaired) electrons. The molecule has 2 unspecified atom stereocenters. The third-order valence-corrected chi connectivity index (χ3v) is 5.80. The van der Waals surface area contributed by atoms with Crippen molar-refractivity contribution in [1.29, 1.82) is 0 Å². The van der Waals surface area contributed by atoms with E-state index in [-0.39, 0.29) is 35.6 Å². The molecular formula is C23H28F2N4O3. The van der Waals surface area contributed by atoms with Gasteiger partial charge in [0.05, 0.1) is 11.7 Å². The van der Waals surface area contributed by atoms with E-state index in [0.717, 1.165) is 24.7 Å². The molecule has 7 nitrogen and oxygen atoms in total. The largest absolute Gasteiger partial charge is 0.470 e. The second-order valence-corrected chi connectivity index (χ2v) is 9.21. The number of benzene rings is 1. The molecule has 32 heavy (non-hydrogen) atoms. The summed E-state index contributed by atoms with van der Waals surface area (Å²) in [6, 6.07) is 4.50. The van der Waals surface area contributed by atoms with Crippen LogP contribution in [0.1, 0.15) is 52.5 Å². The van der Waals surface area contributed by atoms with Gasteiger partial charge in [-0.2, -0.15) is 9.37 Å². The molecule has 172 valence electrons. The minimum Gasteiger partial charge on any atom is -0.470 e. The summed E-state index contributed by atoms with van der Waals surface area (Å²) in [6.45, 7) is 7.38. The first-order valence-corrected chi connectivity index (χ1v) is 10.9. The summed E-state index contributed by atoms with van der Waals surface area (Å²) in [5, 5.41) is 2.68. The number of carbonyl (C=O) groups is 1. The second-order valence-electron chi connectivity index (χ2n) is 9.21. The molecule has 1 aromatic heterocycles. The average Bonchev–Trinajstić information content (AvgIpc) is 3.29. The third-order valence-electron chi connectivity index (χ3n) is 5.80. The first-order chi connectivity index (χ1) is 15.2. The molecular weight excluding hydrogens is 418 g/mol. The molecule has 2 fully saturated rings. The van der Waals surface area contributed by atoms with Gasteiger partial charge in [0, 0.05) is 12.5 Å². The molecule has 9 heteroatoms. The Bertz CT molecular complexity index is 1010. The molecule has 2 bridgehead atoms. The van der Waals surface area contributed by atoms with E-state index in [4.69, 9.17) is 9.47 Å². The Labute approximate surface area is 186 Å². The van der Waals surface area contributed by atoms with E-state index < -0.39 is 23.3 Å². The summed E-state index contributed by atoms with van der Waals surface area (Å²) < 4.78 is 40.8. The number of aromatic nitrogens is 2. The average molecular weight is 446 g/mol. The van der Waals surface area contributed by atoms with Gasteiger partial charge in [-0.05, 0) is 57.7 Å². The van der Waals surface area contributed by atoms with E-state index >= 15 is 4.39 Å². The molecule has 1 N–H and O–H groups in total. The van der Waals surface area contributed by atoms with E-state index in [1.807, 2.05) is 27.7 Å². The SMILES string of the molecule is CCc1ccc(Nc2ncnc(O[C@H]3CC4CCC3N4C(=O)OC(C)(C)C)c2F)c(F)c1. The number of nitrogens with zero attached hydrogens (tertiary/aromatic N) is 3. The number of nitrogens with one attached hydrogen (secondary N) is 1. The lowest BCUT2D eigenvalue weighted by atomic mass is 9.98. The van der Waals surface area contributed by atoms with Crippen molar-refractivity contribution in [1.82, 2.24) is 14.9 Å². The first kappa shape index (κ1) is 22.2. The topological polar surface area (TPSA) is 76.6 Å². The highest BCUT2D eigenvalue weighted by Gasteiger charge is 2.51. The fourth-order valence-corrected chi connectivity index (χ4v) is 4.33. The van der Waals surface area contributed by atoms with E-state index in [1.54, 1.807) is 17.0 Å². The van der Waals surface area contributed by atoms with E-state index in [0.29, 0.717) is 12.8 Å². The first-order valence-electron chi connectivity index (χ1n) is 10.9. The zero-order valence-electron chi connectivity index (χ0n) is 18.7. The van der Waals surface area contributed by atoms with Crippen molar-refractivity contribution in [2.45, 2.75) is 77.2 Å². The summed E-state index contributed by atoms with van der Waals surface area (Å²) in [4.78, 5) is 22.2. The van der Waals surface area contributed by atoms with Gasteiger partial charge < -0.3 is 14.8 Å². The Balaban J connectivity index is 1.48. The van der Waals surface area contributed by atoms with Crippen molar-refractivity contribution in [2.24, 2.45) is 0 Å². The number of hydrogen-bond acceptors (Lipinski definition) is 6. The Morgan fingerprint density at radius 2 is 2.03 bits per heavy atom. The quantitative estimate of drug-likeness (QED) is 0.698. The Morgan fingerprint density at radius 1 is 1.25 bits per heavy atom. The van der Waals surface area contributed by atoms with Crippen molar-refractivity contribution in [3.05, 3.63) is 41.7 Å². The van der Waals surface area contributed by atoms with Crippen LogP contribution in [0.15, 0.2) is 24.5 Å². The van der Waals surface area contributed by atoms with Crippen molar-refractivity contribution in [3.8, 4) is 5.88 Å². The van der Waals surface area contributed by atoms with Crippen LogP contribution in [0.2, 0.25) is 0 Å². The molecule has 2 aromatic rings. The van der Waals surface area contributed by atoms with Crippen LogP contribution in [-0.4, -0.2) is 44.7 Å². The van der Waals surface area contributed by atoms with Crippen molar-refractivity contribution >= 4 is 17.6 Å². The van der Waals surface area contributed by atoms with E-state index in [9.17, 15) is 9.18 Å². The van der Waals surface area contributed by atoms with E-state index in [2.05, 4.69) is 15.3 Å². The maximum atomic E-state index is 15.1. The maximum Gasteiger partial charge on any atom is 0.410 e. The maximum absolute atomic E-state index is 15.1. The van der Waals surface area contributed by atoms with Crippen LogP contribution < -0.4 is 10.1 Å². The molecule has 0 spiro atoms. The van der Waals surface area contributed by atoms with Crippen molar-refractivity contribution in [3.63, 3.8) is 0 Å². The molecule has 2 aliphatic rings. The van der Waals surface area contributed by atoms with Crippen LogP contribution >= 0.6 is 0 Å². The fourth-order valence-electron chi connectivity index (χ4n) is 4.33. The summed E-state index contributed by atoms with van der Waals surface area (Å²) in [6.07, 6.45) is 3.26. The van der Waals surface area contributed by atoms with Gasteiger partial charge in [-0.3, -0.25) is 4.90 Å². The highest BCUT2D eigenvalue weighted by atomic mass is 19.1. The fraction of sp³-hybridized carbons (Fsp3) is 0.522. The number of amides is 1. The predicted octanol–water partition coefficient (Wildman–Crippen LogP) is 4.98. The number of anilines is 2.